The second-order valence-corrected chi connectivity index (χ2v) is 10.5. The lowest BCUT2D eigenvalue weighted by atomic mass is 10.1. The molecule has 2 aromatic carbocycles. The number of anilines is 3. The molecule has 0 unspecified atom stereocenters. The van der Waals surface area contributed by atoms with Crippen LogP contribution in [0, 0.1) is 5.82 Å². The average Bonchev–Trinajstić information content (AvgIpc) is 2.98. The SMILES string of the molecule is CN1CCN(CCC(=O)Nc2cc(Nc3cc(-c4cc(Cl)ccc4F)nnc3OCc3cccc(O)c3)ccn2)CC1. The molecule has 0 spiro atoms. The number of likely N-dealkylation sites (N-methyl/N-ethyl adjacent to an activating group) is 1. The average molecular weight is 592 g/mol. The maximum atomic E-state index is 14.6. The Kier molecular flexibility index (Phi) is 9.42. The van der Waals surface area contributed by atoms with E-state index in [1.807, 2.05) is 0 Å². The topological polar surface area (TPSA) is 116 Å². The van der Waals surface area contributed by atoms with Gasteiger partial charge >= 0.3 is 0 Å². The Morgan fingerprint density at radius 3 is 2.71 bits per heavy atom. The van der Waals surface area contributed by atoms with E-state index in [9.17, 15) is 14.3 Å². The van der Waals surface area contributed by atoms with E-state index < -0.39 is 5.82 Å². The highest BCUT2D eigenvalue weighted by Gasteiger charge is 2.17. The number of pyridine rings is 1. The van der Waals surface area contributed by atoms with Crippen molar-refractivity contribution >= 4 is 34.7 Å². The molecule has 0 atom stereocenters. The summed E-state index contributed by atoms with van der Waals surface area (Å²) in [5, 5.41) is 24.6. The molecule has 0 radical (unpaired) electrons. The second-order valence-electron chi connectivity index (χ2n) is 10.0. The number of piperazine rings is 1. The third kappa shape index (κ3) is 7.90. The first-order valence-electron chi connectivity index (χ1n) is 13.5. The maximum Gasteiger partial charge on any atom is 0.257 e. The van der Waals surface area contributed by atoms with Gasteiger partial charge < -0.3 is 30.3 Å². The highest BCUT2D eigenvalue weighted by atomic mass is 35.5. The Balaban J connectivity index is 1.33. The number of nitrogens with one attached hydrogen (secondary N) is 2. The summed E-state index contributed by atoms with van der Waals surface area (Å²) in [6.45, 7) is 4.66. The number of aromatic nitrogens is 3. The number of carbonyl (C=O) groups excluding carboxylic acids is 1. The Labute approximate surface area is 248 Å². The summed E-state index contributed by atoms with van der Waals surface area (Å²) in [6, 6.07) is 15.9. The molecule has 1 saturated heterocycles. The minimum Gasteiger partial charge on any atom is -0.508 e. The van der Waals surface area contributed by atoms with Crippen molar-refractivity contribution in [3.8, 4) is 22.9 Å². The van der Waals surface area contributed by atoms with Gasteiger partial charge in [-0.3, -0.25) is 4.79 Å². The van der Waals surface area contributed by atoms with Crippen LogP contribution in [0.5, 0.6) is 11.6 Å². The molecular weight excluding hydrogens is 561 g/mol. The Morgan fingerprint density at radius 1 is 1.07 bits per heavy atom. The van der Waals surface area contributed by atoms with E-state index in [-0.39, 0.29) is 35.4 Å². The molecule has 218 valence electrons. The zero-order valence-electron chi connectivity index (χ0n) is 23.1. The first-order chi connectivity index (χ1) is 20.3. The van der Waals surface area contributed by atoms with Gasteiger partial charge in [0.1, 0.15) is 29.7 Å². The molecule has 0 saturated carbocycles. The van der Waals surface area contributed by atoms with Gasteiger partial charge in [-0.1, -0.05) is 23.7 Å². The summed E-state index contributed by atoms with van der Waals surface area (Å²) in [7, 11) is 2.10. The van der Waals surface area contributed by atoms with E-state index in [4.69, 9.17) is 16.3 Å². The summed E-state index contributed by atoms with van der Waals surface area (Å²) in [5.74, 6) is 0.0200. The van der Waals surface area contributed by atoms with Crippen LogP contribution in [0.3, 0.4) is 0 Å². The fourth-order valence-electron chi connectivity index (χ4n) is 4.47. The van der Waals surface area contributed by atoms with Crippen LogP contribution >= 0.6 is 11.6 Å². The normalized spacial score (nSPS) is 14.0. The lowest BCUT2D eigenvalue weighted by Crippen LogP contribution is -2.45. The van der Waals surface area contributed by atoms with Crippen LogP contribution in [0.25, 0.3) is 11.3 Å². The van der Waals surface area contributed by atoms with Gasteiger partial charge in [0, 0.05) is 67.7 Å². The molecule has 3 N–H and O–H groups in total. The molecular formula is C30H31ClFN7O3. The largest absolute Gasteiger partial charge is 0.508 e. The van der Waals surface area contributed by atoms with Crippen LogP contribution in [0.4, 0.5) is 21.6 Å². The van der Waals surface area contributed by atoms with Crippen molar-refractivity contribution in [1.82, 2.24) is 25.0 Å². The number of carbonyl (C=O) groups is 1. The van der Waals surface area contributed by atoms with E-state index in [1.165, 1.54) is 18.2 Å². The molecule has 4 aromatic rings. The molecule has 2 aromatic heterocycles. The number of hydrogen-bond acceptors (Lipinski definition) is 9. The van der Waals surface area contributed by atoms with Gasteiger partial charge in [-0.05, 0) is 55.1 Å². The lowest BCUT2D eigenvalue weighted by Gasteiger charge is -2.32. The van der Waals surface area contributed by atoms with Crippen LogP contribution in [-0.4, -0.2) is 75.8 Å². The number of halogens is 2. The van der Waals surface area contributed by atoms with Crippen LogP contribution in [-0.2, 0) is 11.4 Å². The fraction of sp³-hybridized carbons (Fsp3) is 0.267. The summed E-state index contributed by atoms with van der Waals surface area (Å²) >= 11 is 6.11. The number of phenols is 1. The minimum absolute atomic E-state index is 0.105. The summed E-state index contributed by atoms with van der Waals surface area (Å²) < 4.78 is 20.6. The molecule has 10 nitrogen and oxygen atoms in total. The van der Waals surface area contributed by atoms with E-state index >= 15 is 0 Å². The molecule has 1 aliphatic heterocycles. The molecule has 42 heavy (non-hydrogen) atoms. The predicted molar refractivity (Wildman–Crippen MR) is 160 cm³/mol. The Morgan fingerprint density at radius 2 is 1.90 bits per heavy atom. The molecule has 0 bridgehead atoms. The number of rotatable bonds is 10. The molecule has 1 fully saturated rings. The van der Waals surface area contributed by atoms with Gasteiger partial charge in [0.25, 0.3) is 5.88 Å². The number of aromatic hydroxyl groups is 1. The number of phenolic OH excluding ortho intramolecular Hbond substituents is 1. The highest BCUT2D eigenvalue weighted by molar-refractivity contribution is 6.30. The van der Waals surface area contributed by atoms with Gasteiger partial charge in [-0.15, -0.1) is 10.2 Å². The third-order valence-electron chi connectivity index (χ3n) is 6.81. The zero-order valence-corrected chi connectivity index (χ0v) is 23.8. The monoisotopic (exact) mass is 591 g/mol. The molecule has 5 rings (SSSR count). The Hall–Kier alpha value is -4.32. The van der Waals surface area contributed by atoms with Crippen LogP contribution in [0.15, 0.2) is 66.9 Å². The van der Waals surface area contributed by atoms with E-state index in [0.717, 1.165) is 31.7 Å². The maximum absolute atomic E-state index is 14.6. The van der Waals surface area contributed by atoms with Gasteiger partial charge in [0.15, 0.2) is 0 Å². The van der Waals surface area contributed by atoms with Crippen molar-refractivity contribution in [2.24, 2.45) is 0 Å². The first-order valence-corrected chi connectivity index (χ1v) is 13.9. The van der Waals surface area contributed by atoms with Crippen molar-refractivity contribution in [2.45, 2.75) is 13.0 Å². The number of hydrogen-bond donors (Lipinski definition) is 3. The molecule has 1 amide bonds. The first kappa shape index (κ1) is 29.2. The van der Waals surface area contributed by atoms with E-state index in [1.54, 1.807) is 48.7 Å². The number of ether oxygens (including phenoxy) is 1. The molecule has 3 heterocycles. The summed E-state index contributed by atoms with van der Waals surface area (Å²) in [4.78, 5) is 21.5. The minimum atomic E-state index is -0.501. The lowest BCUT2D eigenvalue weighted by molar-refractivity contribution is -0.116. The van der Waals surface area contributed by atoms with Crippen LogP contribution < -0.4 is 15.4 Å². The van der Waals surface area contributed by atoms with Crippen molar-refractivity contribution in [3.05, 3.63) is 83.3 Å². The van der Waals surface area contributed by atoms with Gasteiger partial charge in [-0.25, -0.2) is 9.37 Å². The number of amides is 1. The van der Waals surface area contributed by atoms with E-state index in [2.05, 4.69) is 42.7 Å². The van der Waals surface area contributed by atoms with Crippen molar-refractivity contribution in [2.75, 3.05) is 50.4 Å². The molecule has 12 heteroatoms. The van der Waals surface area contributed by atoms with E-state index in [0.29, 0.717) is 35.2 Å². The summed E-state index contributed by atoms with van der Waals surface area (Å²) in [5.41, 5.74) is 2.14. The van der Waals surface area contributed by atoms with Crippen LogP contribution in [0.2, 0.25) is 5.02 Å². The number of nitrogens with zero attached hydrogens (tertiary/aromatic N) is 5. The Bertz CT molecular complexity index is 1550. The van der Waals surface area contributed by atoms with Crippen molar-refractivity contribution in [1.29, 1.82) is 0 Å². The summed E-state index contributed by atoms with van der Waals surface area (Å²) in [6.07, 6.45) is 1.93. The van der Waals surface area contributed by atoms with Crippen molar-refractivity contribution in [3.63, 3.8) is 0 Å². The smallest absolute Gasteiger partial charge is 0.257 e. The zero-order chi connectivity index (χ0) is 29.5. The molecule has 1 aliphatic rings. The highest BCUT2D eigenvalue weighted by Crippen LogP contribution is 2.32. The molecule has 0 aliphatic carbocycles. The fourth-order valence-corrected chi connectivity index (χ4v) is 4.64. The predicted octanol–water partition coefficient (Wildman–Crippen LogP) is 4.94. The van der Waals surface area contributed by atoms with Gasteiger partial charge in [-0.2, -0.15) is 0 Å². The van der Waals surface area contributed by atoms with Gasteiger partial charge in [0.05, 0.1) is 5.69 Å². The number of benzene rings is 2. The second kappa shape index (κ2) is 13.6. The third-order valence-corrected chi connectivity index (χ3v) is 7.04. The standard InChI is InChI=1S/C30H31ClFN7O3/c1-38-11-13-39(14-12-38)10-8-29(41)35-28-17-22(7-9-33-28)34-27-18-26(24-16-21(31)5-6-25(24)32)36-37-30(27)42-19-20-3-2-4-23(40)15-20/h2-7,9,15-18,40H,8,10-14,19H2,1H3,(H2,33,34,35,36,41). The van der Waals surface area contributed by atoms with Gasteiger partial charge in [0.2, 0.25) is 5.91 Å². The van der Waals surface area contributed by atoms with Crippen LogP contribution in [0.1, 0.15) is 12.0 Å². The van der Waals surface area contributed by atoms with Crippen molar-refractivity contribution < 1.29 is 19.0 Å². The quantitative estimate of drug-likeness (QED) is 0.236.